The molecule has 0 radical (unpaired) electrons. The van der Waals surface area contributed by atoms with Crippen molar-refractivity contribution in [2.45, 2.75) is 6.42 Å². The maximum absolute atomic E-state index is 12.8. The number of halogens is 2. The van der Waals surface area contributed by atoms with Crippen LogP contribution in [0.1, 0.15) is 11.3 Å². The molecule has 0 unspecified atom stereocenters. The fourth-order valence-electron chi connectivity index (χ4n) is 2.87. The molecule has 0 spiro atoms. The van der Waals surface area contributed by atoms with Gasteiger partial charge in [0.1, 0.15) is 15.8 Å². The second-order valence-electron chi connectivity index (χ2n) is 6.27. The van der Waals surface area contributed by atoms with Gasteiger partial charge in [0.2, 0.25) is 0 Å². The monoisotopic (exact) mass is 460 g/mol. The van der Waals surface area contributed by atoms with Crippen LogP contribution in [-0.2, 0) is 11.2 Å². The highest BCUT2D eigenvalue weighted by atomic mass is 35.5. The quantitative estimate of drug-likeness (QED) is 0.340. The van der Waals surface area contributed by atoms with E-state index >= 15 is 0 Å². The number of carbonyl (C=O) groups excluding carboxylic acids is 1. The third kappa shape index (κ3) is 4.56. The molecule has 1 aliphatic rings. The van der Waals surface area contributed by atoms with Gasteiger partial charge in [-0.2, -0.15) is 0 Å². The van der Waals surface area contributed by atoms with E-state index in [1.165, 1.54) is 11.8 Å². The Hall–Kier alpha value is -2.12. The van der Waals surface area contributed by atoms with Crippen LogP contribution >= 0.6 is 47.2 Å². The van der Waals surface area contributed by atoms with E-state index in [-0.39, 0.29) is 5.91 Å². The molecule has 1 amide bonds. The van der Waals surface area contributed by atoms with Crippen molar-refractivity contribution in [2.24, 2.45) is 0 Å². The summed E-state index contributed by atoms with van der Waals surface area (Å²) >= 11 is 18.9. The lowest BCUT2D eigenvalue weighted by Gasteiger charge is -2.13. The molecule has 146 valence electrons. The largest absolute Gasteiger partial charge is 0.457 e. The number of furan rings is 1. The lowest BCUT2D eigenvalue weighted by Crippen LogP contribution is -2.30. The lowest BCUT2D eigenvalue weighted by atomic mass is 10.2. The number of amides is 1. The van der Waals surface area contributed by atoms with Crippen molar-refractivity contribution >= 4 is 63.5 Å². The van der Waals surface area contributed by atoms with Gasteiger partial charge >= 0.3 is 0 Å². The van der Waals surface area contributed by atoms with Gasteiger partial charge in [0, 0.05) is 35.6 Å². The molecule has 4 nitrogen and oxygen atoms in total. The average Bonchev–Trinajstić information content (AvgIpc) is 3.26. The first-order valence-corrected chi connectivity index (χ1v) is 10.7. The van der Waals surface area contributed by atoms with Crippen LogP contribution in [0.25, 0.3) is 17.4 Å². The molecule has 0 bridgehead atoms. The Balaban J connectivity index is 1.49. The van der Waals surface area contributed by atoms with E-state index in [2.05, 4.69) is 4.98 Å². The van der Waals surface area contributed by atoms with E-state index in [4.69, 9.17) is 39.8 Å². The number of carbonyl (C=O) groups is 1. The summed E-state index contributed by atoms with van der Waals surface area (Å²) in [7, 11) is 0. The number of thioether (sulfide) groups is 1. The van der Waals surface area contributed by atoms with Crippen LogP contribution in [0.3, 0.4) is 0 Å². The number of benzene rings is 1. The normalized spacial score (nSPS) is 15.5. The highest BCUT2D eigenvalue weighted by Crippen LogP contribution is 2.35. The first kappa shape index (κ1) is 20.2. The summed E-state index contributed by atoms with van der Waals surface area (Å²) in [6, 6.07) is 12.7. The highest BCUT2D eigenvalue weighted by Gasteiger charge is 2.32. The van der Waals surface area contributed by atoms with Crippen molar-refractivity contribution in [3.05, 3.63) is 81.1 Å². The second kappa shape index (κ2) is 8.71. The van der Waals surface area contributed by atoms with Crippen molar-refractivity contribution in [3.63, 3.8) is 0 Å². The van der Waals surface area contributed by atoms with Crippen molar-refractivity contribution in [2.75, 3.05) is 6.54 Å². The van der Waals surface area contributed by atoms with E-state index in [1.54, 1.807) is 47.6 Å². The minimum absolute atomic E-state index is 0.119. The number of hydrogen-bond donors (Lipinski definition) is 0. The summed E-state index contributed by atoms with van der Waals surface area (Å²) in [6.07, 6.45) is 5.91. The summed E-state index contributed by atoms with van der Waals surface area (Å²) in [5.41, 5.74) is 1.79. The Bertz CT molecular complexity index is 1110. The molecule has 8 heteroatoms. The number of pyridine rings is 1. The molecule has 29 heavy (non-hydrogen) atoms. The van der Waals surface area contributed by atoms with E-state index in [0.717, 1.165) is 11.1 Å². The summed E-state index contributed by atoms with van der Waals surface area (Å²) in [4.78, 5) is 19.0. The van der Waals surface area contributed by atoms with E-state index in [9.17, 15) is 4.79 Å². The van der Waals surface area contributed by atoms with Gasteiger partial charge in [-0.15, -0.1) is 0 Å². The zero-order valence-electron chi connectivity index (χ0n) is 15.0. The Morgan fingerprint density at radius 1 is 1.21 bits per heavy atom. The molecular weight excluding hydrogens is 447 g/mol. The van der Waals surface area contributed by atoms with E-state index in [0.29, 0.717) is 43.8 Å². The predicted octanol–water partition coefficient (Wildman–Crippen LogP) is 6.09. The SMILES string of the molecule is O=C1/C(=C/c2ccc(-c3ccc(Cl)cc3Cl)o2)SC(=S)N1CCc1cccnc1. The molecule has 3 heterocycles. The predicted molar refractivity (Wildman–Crippen MR) is 122 cm³/mol. The first-order valence-electron chi connectivity index (χ1n) is 8.71. The van der Waals surface area contributed by atoms with Gasteiger partial charge in [-0.25, -0.2) is 0 Å². The summed E-state index contributed by atoms with van der Waals surface area (Å²) in [6.45, 7) is 0.511. The molecule has 1 saturated heterocycles. The van der Waals surface area contributed by atoms with E-state index in [1.807, 2.05) is 18.2 Å². The molecule has 1 aromatic carbocycles. The van der Waals surface area contributed by atoms with Gasteiger partial charge in [-0.05, 0) is 48.4 Å². The molecule has 0 atom stereocenters. The second-order valence-corrected chi connectivity index (χ2v) is 8.79. The Labute approximate surface area is 187 Å². The van der Waals surface area contributed by atoms with Crippen LogP contribution in [-0.4, -0.2) is 26.7 Å². The molecule has 0 N–H and O–H groups in total. The topological polar surface area (TPSA) is 46.3 Å². The Kier molecular flexibility index (Phi) is 6.06. The number of hydrogen-bond acceptors (Lipinski definition) is 5. The fraction of sp³-hybridized carbons (Fsp3) is 0.0952. The van der Waals surface area contributed by atoms with Crippen molar-refractivity contribution in [3.8, 4) is 11.3 Å². The minimum Gasteiger partial charge on any atom is -0.457 e. The number of nitrogens with zero attached hydrogens (tertiary/aromatic N) is 2. The molecule has 2 aromatic heterocycles. The molecule has 3 aromatic rings. The number of aromatic nitrogens is 1. The molecule has 0 saturated carbocycles. The van der Waals surface area contributed by atoms with E-state index < -0.39 is 0 Å². The van der Waals surface area contributed by atoms with Gasteiger partial charge in [-0.3, -0.25) is 14.7 Å². The van der Waals surface area contributed by atoms with Crippen LogP contribution < -0.4 is 0 Å². The number of thiocarbonyl (C=S) groups is 1. The standard InChI is InChI=1S/C21H14Cl2N2O2S2/c22-14-3-5-16(17(23)10-14)18-6-4-15(27-18)11-19-20(26)25(21(28)29-19)9-7-13-2-1-8-24-12-13/h1-6,8,10-12H,7,9H2/b19-11-. The third-order valence-electron chi connectivity index (χ3n) is 4.32. The fourth-order valence-corrected chi connectivity index (χ4v) is 4.66. The van der Waals surface area contributed by atoms with Crippen LogP contribution in [0.15, 0.2) is 64.2 Å². The Morgan fingerprint density at radius 2 is 2.07 bits per heavy atom. The van der Waals surface area contributed by atoms with Crippen LogP contribution in [0, 0.1) is 0 Å². The van der Waals surface area contributed by atoms with Crippen LogP contribution in [0.2, 0.25) is 10.0 Å². The van der Waals surface area contributed by atoms with Crippen molar-refractivity contribution < 1.29 is 9.21 Å². The summed E-state index contributed by atoms with van der Waals surface area (Å²) < 4.78 is 6.40. The third-order valence-corrected chi connectivity index (χ3v) is 6.24. The molecular formula is C21H14Cl2N2O2S2. The van der Waals surface area contributed by atoms with Crippen LogP contribution in [0.4, 0.5) is 0 Å². The van der Waals surface area contributed by atoms with Gasteiger partial charge in [0.25, 0.3) is 5.91 Å². The van der Waals surface area contributed by atoms with Gasteiger partial charge < -0.3 is 4.42 Å². The molecule has 1 fully saturated rings. The Morgan fingerprint density at radius 3 is 2.83 bits per heavy atom. The van der Waals surface area contributed by atoms with Crippen molar-refractivity contribution in [1.29, 1.82) is 0 Å². The van der Waals surface area contributed by atoms with Gasteiger partial charge in [0.15, 0.2) is 0 Å². The maximum atomic E-state index is 12.8. The maximum Gasteiger partial charge on any atom is 0.266 e. The minimum atomic E-state index is -0.119. The smallest absolute Gasteiger partial charge is 0.266 e. The van der Waals surface area contributed by atoms with Gasteiger partial charge in [-0.1, -0.05) is 53.2 Å². The summed E-state index contributed by atoms with van der Waals surface area (Å²) in [5.74, 6) is 1.04. The molecule has 0 aliphatic carbocycles. The summed E-state index contributed by atoms with van der Waals surface area (Å²) in [5, 5.41) is 1.06. The number of rotatable bonds is 5. The molecule has 1 aliphatic heterocycles. The highest BCUT2D eigenvalue weighted by molar-refractivity contribution is 8.26. The zero-order chi connectivity index (χ0) is 20.4. The van der Waals surface area contributed by atoms with Crippen LogP contribution in [0.5, 0.6) is 0 Å². The van der Waals surface area contributed by atoms with Gasteiger partial charge in [0.05, 0.1) is 9.93 Å². The average molecular weight is 461 g/mol. The lowest BCUT2D eigenvalue weighted by molar-refractivity contribution is -0.122. The molecule has 4 rings (SSSR count). The zero-order valence-corrected chi connectivity index (χ0v) is 18.1. The van der Waals surface area contributed by atoms with Crippen molar-refractivity contribution in [1.82, 2.24) is 9.88 Å². The first-order chi connectivity index (χ1) is 14.0.